The SMILES string of the molecule is CCN(CC)c1ccc(C(=O)NCCNC(=O)c2ccc(N(CC)CC)cc2)cc1. The van der Waals surface area contributed by atoms with Crippen LogP contribution >= 0.6 is 0 Å². The molecule has 0 saturated carbocycles. The number of nitrogens with zero attached hydrogens (tertiary/aromatic N) is 2. The average Bonchev–Trinajstić information content (AvgIpc) is 2.79. The number of nitrogens with one attached hydrogen (secondary N) is 2. The van der Waals surface area contributed by atoms with Crippen LogP contribution in [-0.4, -0.2) is 51.1 Å². The Morgan fingerprint density at radius 1 is 0.600 bits per heavy atom. The quantitative estimate of drug-likeness (QED) is 0.556. The van der Waals surface area contributed by atoms with Crippen molar-refractivity contribution in [1.82, 2.24) is 10.6 Å². The van der Waals surface area contributed by atoms with Gasteiger partial charge in [0.15, 0.2) is 0 Å². The highest BCUT2D eigenvalue weighted by molar-refractivity contribution is 5.95. The fourth-order valence-electron chi connectivity index (χ4n) is 3.38. The van der Waals surface area contributed by atoms with E-state index in [0.717, 1.165) is 37.6 Å². The topological polar surface area (TPSA) is 64.7 Å². The summed E-state index contributed by atoms with van der Waals surface area (Å²) in [6, 6.07) is 15.2. The molecule has 2 aromatic rings. The van der Waals surface area contributed by atoms with Crippen molar-refractivity contribution in [1.29, 1.82) is 0 Å². The van der Waals surface area contributed by atoms with E-state index in [1.807, 2.05) is 48.5 Å². The van der Waals surface area contributed by atoms with Crippen LogP contribution in [-0.2, 0) is 0 Å². The van der Waals surface area contributed by atoms with Crippen molar-refractivity contribution in [2.45, 2.75) is 27.7 Å². The molecule has 0 aliphatic carbocycles. The first-order valence-electron chi connectivity index (χ1n) is 10.8. The van der Waals surface area contributed by atoms with Gasteiger partial charge in [0.05, 0.1) is 0 Å². The molecule has 0 heterocycles. The van der Waals surface area contributed by atoms with Crippen molar-refractivity contribution in [2.75, 3.05) is 49.1 Å². The Hall–Kier alpha value is -3.02. The number of benzene rings is 2. The van der Waals surface area contributed by atoms with Crippen LogP contribution < -0.4 is 20.4 Å². The van der Waals surface area contributed by atoms with Gasteiger partial charge in [-0.15, -0.1) is 0 Å². The minimum Gasteiger partial charge on any atom is -0.372 e. The molecule has 0 spiro atoms. The highest BCUT2D eigenvalue weighted by Crippen LogP contribution is 2.15. The first-order valence-corrected chi connectivity index (χ1v) is 10.8. The third kappa shape index (κ3) is 6.24. The third-order valence-electron chi connectivity index (χ3n) is 5.21. The Balaban J connectivity index is 1.78. The summed E-state index contributed by atoms with van der Waals surface area (Å²) in [5.41, 5.74) is 3.44. The number of carbonyl (C=O) groups excluding carboxylic acids is 2. The van der Waals surface area contributed by atoms with Crippen LogP contribution in [0.1, 0.15) is 48.4 Å². The molecule has 0 aromatic heterocycles. The van der Waals surface area contributed by atoms with Crippen molar-refractivity contribution in [3.05, 3.63) is 59.7 Å². The normalized spacial score (nSPS) is 10.4. The number of rotatable bonds is 11. The highest BCUT2D eigenvalue weighted by atomic mass is 16.2. The molecule has 0 atom stereocenters. The monoisotopic (exact) mass is 410 g/mol. The van der Waals surface area contributed by atoms with E-state index < -0.39 is 0 Å². The molecule has 0 unspecified atom stereocenters. The van der Waals surface area contributed by atoms with Crippen LogP contribution in [0.15, 0.2) is 48.5 Å². The Labute approximate surface area is 180 Å². The minimum absolute atomic E-state index is 0.140. The summed E-state index contributed by atoms with van der Waals surface area (Å²) in [7, 11) is 0. The van der Waals surface area contributed by atoms with Gasteiger partial charge in [0.1, 0.15) is 0 Å². The molecule has 0 saturated heterocycles. The molecule has 30 heavy (non-hydrogen) atoms. The Morgan fingerprint density at radius 2 is 0.900 bits per heavy atom. The van der Waals surface area contributed by atoms with E-state index >= 15 is 0 Å². The fourth-order valence-corrected chi connectivity index (χ4v) is 3.38. The zero-order valence-electron chi connectivity index (χ0n) is 18.6. The third-order valence-corrected chi connectivity index (χ3v) is 5.21. The maximum atomic E-state index is 12.3. The van der Waals surface area contributed by atoms with Crippen LogP contribution in [0.4, 0.5) is 11.4 Å². The molecule has 0 fully saturated rings. The molecule has 0 aliphatic heterocycles. The smallest absolute Gasteiger partial charge is 0.251 e. The van der Waals surface area contributed by atoms with Gasteiger partial charge >= 0.3 is 0 Å². The molecule has 2 N–H and O–H groups in total. The average molecular weight is 411 g/mol. The predicted octanol–water partition coefficient (Wildman–Crippen LogP) is 3.54. The maximum Gasteiger partial charge on any atom is 0.251 e. The van der Waals surface area contributed by atoms with E-state index in [2.05, 4.69) is 48.1 Å². The van der Waals surface area contributed by atoms with Crippen LogP contribution in [0.5, 0.6) is 0 Å². The van der Waals surface area contributed by atoms with Gasteiger partial charge in [-0.3, -0.25) is 9.59 Å². The number of hydrogen-bond donors (Lipinski definition) is 2. The highest BCUT2D eigenvalue weighted by Gasteiger charge is 2.09. The van der Waals surface area contributed by atoms with Gasteiger partial charge in [0, 0.05) is 61.8 Å². The lowest BCUT2D eigenvalue weighted by Gasteiger charge is -2.21. The van der Waals surface area contributed by atoms with E-state index in [4.69, 9.17) is 0 Å². The first-order chi connectivity index (χ1) is 14.5. The number of amides is 2. The van der Waals surface area contributed by atoms with Gasteiger partial charge < -0.3 is 20.4 Å². The zero-order valence-corrected chi connectivity index (χ0v) is 18.6. The van der Waals surface area contributed by atoms with Crippen molar-refractivity contribution in [3.8, 4) is 0 Å². The van der Waals surface area contributed by atoms with E-state index in [1.54, 1.807) is 0 Å². The lowest BCUT2D eigenvalue weighted by atomic mass is 10.1. The van der Waals surface area contributed by atoms with Crippen LogP contribution in [0, 0.1) is 0 Å². The molecule has 0 bridgehead atoms. The second-order valence-corrected chi connectivity index (χ2v) is 6.95. The summed E-state index contributed by atoms with van der Waals surface area (Å²) >= 11 is 0. The number of hydrogen-bond acceptors (Lipinski definition) is 4. The summed E-state index contributed by atoms with van der Waals surface area (Å²) in [5.74, 6) is -0.280. The fraction of sp³-hybridized carbons (Fsp3) is 0.417. The molecule has 2 rings (SSSR count). The maximum absolute atomic E-state index is 12.3. The minimum atomic E-state index is -0.140. The molecule has 6 nitrogen and oxygen atoms in total. The molecule has 0 aliphatic rings. The second kappa shape index (κ2) is 11.9. The summed E-state index contributed by atoms with van der Waals surface area (Å²) in [6.45, 7) is 12.9. The van der Waals surface area contributed by atoms with Crippen molar-refractivity contribution >= 4 is 23.2 Å². The summed E-state index contributed by atoms with van der Waals surface area (Å²) in [5, 5.41) is 5.70. The number of carbonyl (C=O) groups is 2. The molecule has 2 aromatic carbocycles. The zero-order chi connectivity index (χ0) is 21.9. The van der Waals surface area contributed by atoms with Crippen LogP contribution in [0.3, 0.4) is 0 Å². The predicted molar refractivity (Wildman–Crippen MR) is 125 cm³/mol. The van der Waals surface area contributed by atoms with Gasteiger partial charge in [0.2, 0.25) is 0 Å². The van der Waals surface area contributed by atoms with Gasteiger partial charge in [-0.05, 0) is 76.2 Å². The van der Waals surface area contributed by atoms with Gasteiger partial charge in [-0.1, -0.05) is 0 Å². The summed E-state index contributed by atoms with van der Waals surface area (Å²) in [4.78, 5) is 29.0. The Bertz CT molecular complexity index is 725. The molecular weight excluding hydrogens is 376 g/mol. The Kier molecular flexibility index (Phi) is 9.19. The summed E-state index contributed by atoms with van der Waals surface area (Å²) in [6.07, 6.45) is 0. The van der Waals surface area contributed by atoms with Crippen LogP contribution in [0.25, 0.3) is 0 Å². The molecular formula is C24H34N4O2. The van der Waals surface area contributed by atoms with E-state index in [9.17, 15) is 9.59 Å². The largest absolute Gasteiger partial charge is 0.372 e. The van der Waals surface area contributed by atoms with E-state index in [-0.39, 0.29) is 11.8 Å². The summed E-state index contributed by atoms with van der Waals surface area (Å²) < 4.78 is 0. The molecule has 2 amide bonds. The molecule has 6 heteroatoms. The van der Waals surface area contributed by atoms with E-state index in [1.165, 1.54) is 0 Å². The lowest BCUT2D eigenvalue weighted by Crippen LogP contribution is -2.34. The van der Waals surface area contributed by atoms with Gasteiger partial charge in [0.25, 0.3) is 11.8 Å². The van der Waals surface area contributed by atoms with Gasteiger partial charge in [-0.2, -0.15) is 0 Å². The lowest BCUT2D eigenvalue weighted by molar-refractivity contribution is 0.0927. The Morgan fingerprint density at radius 3 is 1.17 bits per heavy atom. The number of anilines is 2. The van der Waals surface area contributed by atoms with Crippen molar-refractivity contribution < 1.29 is 9.59 Å². The van der Waals surface area contributed by atoms with Crippen molar-refractivity contribution in [3.63, 3.8) is 0 Å². The molecule has 162 valence electrons. The second-order valence-electron chi connectivity index (χ2n) is 6.95. The molecule has 0 radical (unpaired) electrons. The van der Waals surface area contributed by atoms with Gasteiger partial charge in [-0.25, -0.2) is 0 Å². The van der Waals surface area contributed by atoms with Crippen molar-refractivity contribution in [2.24, 2.45) is 0 Å². The standard InChI is InChI=1S/C24H34N4O2/c1-5-27(6-2)21-13-9-19(10-14-21)23(29)25-17-18-26-24(30)20-11-15-22(16-12-20)28(7-3)8-4/h9-16H,5-8,17-18H2,1-4H3,(H,25,29)(H,26,30). The van der Waals surface area contributed by atoms with Crippen LogP contribution in [0.2, 0.25) is 0 Å². The van der Waals surface area contributed by atoms with E-state index in [0.29, 0.717) is 24.2 Å². The first kappa shape index (κ1) is 23.3.